The van der Waals surface area contributed by atoms with Crippen molar-refractivity contribution in [2.45, 2.75) is 0 Å². The summed E-state index contributed by atoms with van der Waals surface area (Å²) in [5, 5.41) is 16.0. The van der Waals surface area contributed by atoms with Crippen molar-refractivity contribution in [3.63, 3.8) is 0 Å². The van der Waals surface area contributed by atoms with Crippen molar-refractivity contribution in [1.29, 1.82) is 0 Å². The summed E-state index contributed by atoms with van der Waals surface area (Å²) < 4.78 is 2.37. The SMILES string of the molecule is O=C(Nc1nn2c(-c3ccccc3)nnc2s1)c1ccccc1Br. The molecule has 0 aliphatic carbocycles. The molecule has 2 aromatic heterocycles. The number of benzene rings is 2. The lowest BCUT2D eigenvalue weighted by Crippen LogP contribution is -2.12. The van der Waals surface area contributed by atoms with Gasteiger partial charge in [0.25, 0.3) is 5.91 Å². The third-order valence-corrected chi connectivity index (χ3v) is 4.87. The van der Waals surface area contributed by atoms with Gasteiger partial charge < -0.3 is 0 Å². The number of anilines is 1. The van der Waals surface area contributed by atoms with Crippen LogP contribution in [0.15, 0.2) is 59.1 Å². The van der Waals surface area contributed by atoms with E-state index in [4.69, 9.17) is 0 Å². The predicted molar refractivity (Wildman–Crippen MR) is 96.2 cm³/mol. The van der Waals surface area contributed by atoms with Crippen LogP contribution in [0.4, 0.5) is 5.13 Å². The van der Waals surface area contributed by atoms with E-state index in [1.807, 2.05) is 48.5 Å². The van der Waals surface area contributed by atoms with E-state index in [-0.39, 0.29) is 5.91 Å². The molecule has 2 heterocycles. The first-order valence-corrected chi connectivity index (χ1v) is 8.67. The molecule has 0 saturated heterocycles. The molecule has 0 aliphatic heterocycles. The molecular weight excluding hydrogens is 390 g/mol. The zero-order valence-electron chi connectivity index (χ0n) is 12.2. The highest BCUT2D eigenvalue weighted by molar-refractivity contribution is 9.10. The Balaban J connectivity index is 1.66. The fourth-order valence-corrected chi connectivity index (χ4v) is 3.44. The van der Waals surface area contributed by atoms with Crippen LogP contribution in [0.3, 0.4) is 0 Å². The number of nitrogens with one attached hydrogen (secondary N) is 1. The summed E-state index contributed by atoms with van der Waals surface area (Å²) in [5.41, 5.74) is 1.46. The van der Waals surface area contributed by atoms with Gasteiger partial charge in [-0.15, -0.1) is 15.3 Å². The number of amides is 1. The molecule has 2 aromatic carbocycles. The summed E-state index contributed by atoms with van der Waals surface area (Å²) in [6, 6.07) is 16.9. The fourth-order valence-electron chi connectivity index (χ4n) is 2.24. The predicted octanol–water partition coefficient (Wildman–Crippen LogP) is 3.87. The Morgan fingerprint density at radius 3 is 2.58 bits per heavy atom. The Morgan fingerprint density at radius 2 is 1.79 bits per heavy atom. The van der Waals surface area contributed by atoms with Gasteiger partial charge in [-0.05, 0) is 28.1 Å². The normalized spacial score (nSPS) is 10.9. The van der Waals surface area contributed by atoms with Gasteiger partial charge in [0.15, 0.2) is 5.82 Å². The Hall–Kier alpha value is -2.58. The van der Waals surface area contributed by atoms with Crippen LogP contribution in [0.5, 0.6) is 0 Å². The first kappa shape index (κ1) is 15.0. The summed E-state index contributed by atoms with van der Waals surface area (Å²) in [6.07, 6.45) is 0. The van der Waals surface area contributed by atoms with Gasteiger partial charge in [0.2, 0.25) is 10.1 Å². The molecule has 24 heavy (non-hydrogen) atoms. The number of halogens is 1. The van der Waals surface area contributed by atoms with Crippen molar-refractivity contribution in [1.82, 2.24) is 19.8 Å². The first-order valence-electron chi connectivity index (χ1n) is 7.06. The van der Waals surface area contributed by atoms with Crippen molar-refractivity contribution in [2.75, 3.05) is 5.32 Å². The van der Waals surface area contributed by atoms with Crippen molar-refractivity contribution in [2.24, 2.45) is 0 Å². The molecule has 0 radical (unpaired) electrons. The van der Waals surface area contributed by atoms with Gasteiger partial charge in [0.05, 0.1) is 5.56 Å². The Kier molecular flexibility index (Phi) is 3.83. The zero-order valence-corrected chi connectivity index (χ0v) is 14.6. The maximum Gasteiger partial charge on any atom is 0.258 e. The van der Waals surface area contributed by atoms with Gasteiger partial charge in [-0.2, -0.15) is 4.52 Å². The maximum absolute atomic E-state index is 12.4. The average molecular weight is 400 g/mol. The molecule has 1 N–H and O–H groups in total. The molecule has 0 fully saturated rings. The van der Waals surface area contributed by atoms with Gasteiger partial charge in [-0.25, -0.2) is 0 Å². The lowest BCUT2D eigenvalue weighted by molar-refractivity contribution is 0.102. The number of nitrogens with zero attached hydrogens (tertiary/aromatic N) is 4. The lowest BCUT2D eigenvalue weighted by atomic mass is 10.2. The number of aromatic nitrogens is 4. The highest BCUT2D eigenvalue weighted by Gasteiger charge is 2.16. The topological polar surface area (TPSA) is 72.2 Å². The number of hydrogen-bond acceptors (Lipinski definition) is 5. The molecule has 0 unspecified atom stereocenters. The van der Waals surface area contributed by atoms with E-state index in [1.165, 1.54) is 11.3 Å². The summed E-state index contributed by atoms with van der Waals surface area (Å²) in [5.74, 6) is 0.414. The second kappa shape index (κ2) is 6.14. The summed E-state index contributed by atoms with van der Waals surface area (Å²) in [6.45, 7) is 0. The Morgan fingerprint density at radius 1 is 1.04 bits per heavy atom. The Labute approximate surface area is 149 Å². The number of carbonyl (C=O) groups is 1. The van der Waals surface area contributed by atoms with Gasteiger partial charge in [0, 0.05) is 10.0 Å². The molecule has 6 nitrogen and oxygen atoms in total. The van der Waals surface area contributed by atoms with Crippen LogP contribution in [-0.4, -0.2) is 25.7 Å². The standard InChI is InChI=1S/C16H10BrN5OS/c17-12-9-5-4-8-11(12)14(23)18-15-21-22-13(19-20-16(22)24-15)10-6-2-1-3-7-10/h1-9H,(H,18,21,23). The lowest BCUT2D eigenvalue weighted by Gasteiger charge is -2.03. The summed E-state index contributed by atoms with van der Waals surface area (Å²) >= 11 is 4.65. The van der Waals surface area contributed by atoms with Crippen LogP contribution in [0.1, 0.15) is 10.4 Å². The molecule has 0 bridgehead atoms. The van der Waals surface area contributed by atoms with Crippen LogP contribution in [0, 0.1) is 0 Å². The van der Waals surface area contributed by atoms with Crippen molar-refractivity contribution >= 4 is 43.3 Å². The largest absolute Gasteiger partial charge is 0.296 e. The zero-order chi connectivity index (χ0) is 16.5. The van der Waals surface area contributed by atoms with Gasteiger partial charge in [-0.3, -0.25) is 10.1 Å². The number of hydrogen-bond donors (Lipinski definition) is 1. The highest BCUT2D eigenvalue weighted by Crippen LogP contribution is 2.25. The third kappa shape index (κ3) is 2.70. The van der Waals surface area contributed by atoms with Crippen LogP contribution in [0.2, 0.25) is 0 Å². The summed E-state index contributed by atoms with van der Waals surface area (Å²) in [7, 11) is 0. The van der Waals surface area contributed by atoms with Crippen molar-refractivity contribution in [3.05, 3.63) is 64.6 Å². The van der Waals surface area contributed by atoms with E-state index in [2.05, 4.69) is 36.5 Å². The average Bonchev–Trinajstić information content (AvgIpc) is 3.16. The van der Waals surface area contributed by atoms with Crippen LogP contribution in [0.25, 0.3) is 16.3 Å². The smallest absolute Gasteiger partial charge is 0.258 e. The second-order valence-electron chi connectivity index (χ2n) is 4.93. The minimum atomic E-state index is -0.228. The molecule has 8 heteroatoms. The molecule has 1 amide bonds. The quantitative estimate of drug-likeness (QED) is 0.567. The monoisotopic (exact) mass is 399 g/mol. The van der Waals surface area contributed by atoms with Crippen molar-refractivity contribution in [3.8, 4) is 11.4 Å². The number of rotatable bonds is 3. The van der Waals surface area contributed by atoms with Gasteiger partial charge in [0.1, 0.15) is 0 Å². The molecule has 0 spiro atoms. The highest BCUT2D eigenvalue weighted by atomic mass is 79.9. The van der Waals surface area contributed by atoms with Crippen LogP contribution >= 0.6 is 27.3 Å². The van der Waals surface area contributed by atoms with E-state index >= 15 is 0 Å². The first-order chi connectivity index (χ1) is 11.7. The second-order valence-corrected chi connectivity index (χ2v) is 6.74. The minimum Gasteiger partial charge on any atom is -0.296 e. The molecule has 118 valence electrons. The molecule has 0 saturated carbocycles. The Bertz CT molecular complexity index is 1030. The molecule has 0 aliphatic rings. The molecule has 4 rings (SSSR count). The van der Waals surface area contributed by atoms with Crippen LogP contribution in [-0.2, 0) is 0 Å². The van der Waals surface area contributed by atoms with E-state index in [0.717, 1.165) is 10.0 Å². The number of fused-ring (bicyclic) bond motifs is 1. The third-order valence-electron chi connectivity index (χ3n) is 3.36. The minimum absolute atomic E-state index is 0.228. The van der Waals surface area contributed by atoms with E-state index in [9.17, 15) is 4.79 Å². The van der Waals surface area contributed by atoms with E-state index in [0.29, 0.717) is 21.5 Å². The van der Waals surface area contributed by atoms with Gasteiger partial charge in [-0.1, -0.05) is 53.8 Å². The van der Waals surface area contributed by atoms with Crippen LogP contribution < -0.4 is 5.32 Å². The number of carbonyl (C=O) groups excluding carboxylic acids is 1. The maximum atomic E-state index is 12.4. The summed E-state index contributed by atoms with van der Waals surface area (Å²) in [4.78, 5) is 13.0. The van der Waals surface area contributed by atoms with Gasteiger partial charge >= 0.3 is 0 Å². The fraction of sp³-hybridized carbons (Fsp3) is 0. The van der Waals surface area contributed by atoms with E-state index in [1.54, 1.807) is 10.6 Å². The molecule has 4 aromatic rings. The van der Waals surface area contributed by atoms with Crippen molar-refractivity contribution < 1.29 is 4.79 Å². The molecule has 0 atom stereocenters. The van der Waals surface area contributed by atoms with E-state index < -0.39 is 0 Å². The molecular formula is C16H10BrN5OS.